The van der Waals surface area contributed by atoms with E-state index in [2.05, 4.69) is 10.2 Å². The molecule has 0 aliphatic rings. The number of carboxylic acid groups (broad SMARTS) is 1. The lowest BCUT2D eigenvalue weighted by atomic mass is 10.1. The summed E-state index contributed by atoms with van der Waals surface area (Å²) in [5.41, 5.74) is 0.740. The van der Waals surface area contributed by atoms with Crippen LogP contribution in [0.1, 0.15) is 10.8 Å². The molecule has 104 valence electrons. The molecule has 2 aromatic carbocycles. The standard InChI is InChI=1S/C16H12N2O2S/c19-16(20)14(11-6-2-1-3-7-11)21-15-13-9-5-4-8-12(13)10-17-18-15/h1-10,14H,(H,19,20)/t14-/m1/s1. The van der Waals surface area contributed by atoms with Gasteiger partial charge in [0.2, 0.25) is 0 Å². The molecule has 0 aliphatic heterocycles. The van der Waals surface area contributed by atoms with Crippen LogP contribution in [0, 0.1) is 0 Å². The van der Waals surface area contributed by atoms with Crippen molar-refractivity contribution < 1.29 is 9.90 Å². The fourth-order valence-electron chi connectivity index (χ4n) is 2.09. The van der Waals surface area contributed by atoms with Crippen LogP contribution in [-0.2, 0) is 4.79 Å². The number of aliphatic carboxylic acids is 1. The SMILES string of the molecule is O=C(O)[C@H](Sc1nncc2ccccc12)c1ccccc1. The molecular weight excluding hydrogens is 284 g/mol. The van der Waals surface area contributed by atoms with Crippen molar-refractivity contribution in [3.63, 3.8) is 0 Å². The first-order chi connectivity index (χ1) is 10.3. The van der Waals surface area contributed by atoms with E-state index in [1.54, 1.807) is 6.20 Å². The van der Waals surface area contributed by atoms with Crippen molar-refractivity contribution in [2.45, 2.75) is 10.3 Å². The summed E-state index contributed by atoms with van der Waals surface area (Å²) in [7, 11) is 0. The van der Waals surface area contributed by atoms with E-state index >= 15 is 0 Å². The Balaban J connectivity index is 2.01. The lowest BCUT2D eigenvalue weighted by Gasteiger charge is -2.12. The van der Waals surface area contributed by atoms with Crippen LogP contribution in [0.2, 0.25) is 0 Å². The van der Waals surface area contributed by atoms with Gasteiger partial charge in [-0.05, 0) is 5.56 Å². The van der Waals surface area contributed by atoms with Crippen LogP contribution in [0.25, 0.3) is 10.8 Å². The molecule has 5 heteroatoms. The number of rotatable bonds is 4. The summed E-state index contributed by atoms with van der Waals surface area (Å²) in [4.78, 5) is 11.6. The third-order valence-electron chi connectivity index (χ3n) is 3.09. The molecule has 0 bridgehead atoms. The Hall–Kier alpha value is -2.40. The Morgan fingerprint density at radius 3 is 2.52 bits per heavy atom. The van der Waals surface area contributed by atoms with E-state index in [4.69, 9.17) is 0 Å². The van der Waals surface area contributed by atoms with Crippen LogP contribution in [-0.4, -0.2) is 21.3 Å². The molecule has 1 heterocycles. The molecule has 0 saturated carbocycles. The summed E-state index contributed by atoms with van der Waals surface area (Å²) in [5.74, 6) is -0.888. The number of fused-ring (bicyclic) bond motifs is 1. The van der Waals surface area contributed by atoms with Gasteiger partial charge in [-0.25, -0.2) is 0 Å². The zero-order valence-electron chi connectivity index (χ0n) is 11.0. The number of carbonyl (C=O) groups is 1. The van der Waals surface area contributed by atoms with Gasteiger partial charge in [-0.1, -0.05) is 66.4 Å². The van der Waals surface area contributed by atoms with Gasteiger partial charge >= 0.3 is 5.97 Å². The van der Waals surface area contributed by atoms with Crippen molar-refractivity contribution in [2.24, 2.45) is 0 Å². The molecular formula is C16H12N2O2S. The Morgan fingerprint density at radius 1 is 1.05 bits per heavy atom. The van der Waals surface area contributed by atoms with Gasteiger partial charge in [0.1, 0.15) is 10.3 Å². The van der Waals surface area contributed by atoms with Crippen molar-refractivity contribution in [1.82, 2.24) is 10.2 Å². The molecule has 4 nitrogen and oxygen atoms in total. The van der Waals surface area contributed by atoms with Crippen molar-refractivity contribution in [3.05, 3.63) is 66.4 Å². The van der Waals surface area contributed by atoms with Gasteiger partial charge in [-0.15, -0.1) is 5.10 Å². The van der Waals surface area contributed by atoms with Gasteiger partial charge in [0.25, 0.3) is 0 Å². The third-order valence-corrected chi connectivity index (χ3v) is 4.33. The van der Waals surface area contributed by atoms with E-state index in [1.165, 1.54) is 11.8 Å². The van der Waals surface area contributed by atoms with Gasteiger partial charge < -0.3 is 5.11 Å². The highest BCUT2D eigenvalue weighted by Crippen LogP contribution is 2.37. The molecule has 0 spiro atoms. The summed E-state index contributed by atoms with van der Waals surface area (Å²) >= 11 is 1.21. The highest BCUT2D eigenvalue weighted by atomic mass is 32.2. The molecule has 0 unspecified atom stereocenters. The fraction of sp³-hybridized carbons (Fsp3) is 0.0625. The Morgan fingerprint density at radius 2 is 1.76 bits per heavy atom. The molecule has 0 amide bonds. The normalized spacial score (nSPS) is 12.2. The van der Waals surface area contributed by atoms with E-state index in [-0.39, 0.29) is 0 Å². The number of carboxylic acids is 1. The second-order valence-electron chi connectivity index (χ2n) is 4.48. The van der Waals surface area contributed by atoms with Crippen molar-refractivity contribution in [1.29, 1.82) is 0 Å². The molecule has 0 radical (unpaired) electrons. The number of nitrogens with zero attached hydrogens (tertiary/aromatic N) is 2. The smallest absolute Gasteiger partial charge is 0.321 e. The third kappa shape index (κ3) is 2.87. The fourth-order valence-corrected chi connectivity index (χ4v) is 3.11. The first kappa shape index (κ1) is 13.6. The molecule has 0 aliphatic carbocycles. The maximum atomic E-state index is 11.6. The molecule has 1 aromatic heterocycles. The first-order valence-corrected chi connectivity index (χ1v) is 7.28. The largest absolute Gasteiger partial charge is 0.480 e. The number of aromatic nitrogens is 2. The minimum absolute atomic E-state index is 0.629. The topological polar surface area (TPSA) is 63.1 Å². The average Bonchev–Trinajstić information content (AvgIpc) is 2.53. The van der Waals surface area contributed by atoms with E-state index in [0.717, 1.165) is 16.3 Å². The Bertz CT molecular complexity index is 772. The molecule has 0 fully saturated rings. The molecule has 0 saturated heterocycles. The van der Waals surface area contributed by atoms with E-state index < -0.39 is 11.2 Å². The zero-order chi connectivity index (χ0) is 14.7. The van der Waals surface area contributed by atoms with Gasteiger partial charge in [0.05, 0.1) is 6.20 Å². The minimum atomic E-state index is -0.888. The highest BCUT2D eigenvalue weighted by molar-refractivity contribution is 8.00. The summed E-state index contributed by atoms with van der Waals surface area (Å²) in [6.07, 6.45) is 1.68. The number of thioether (sulfide) groups is 1. The monoisotopic (exact) mass is 296 g/mol. The summed E-state index contributed by atoms with van der Waals surface area (Å²) < 4.78 is 0. The van der Waals surface area contributed by atoms with Crippen LogP contribution in [0.5, 0.6) is 0 Å². The molecule has 1 atom stereocenters. The molecule has 3 aromatic rings. The predicted octanol–water partition coefficient (Wildman–Crippen LogP) is 3.55. The number of hydrogen-bond acceptors (Lipinski definition) is 4. The molecule has 3 rings (SSSR count). The Labute approximate surface area is 125 Å². The maximum absolute atomic E-state index is 11.6. The average molecular weight is 296 g/mol. The minimum Gasteiger partial charge on any atom is -0.480 e. The molecule has 21 heavy (non-hydrogen) atoms. The van der Waals surface area contributed by atoms with Crippen LogP contribution in [0.3, 0.4) is 0 Å². The summed E-state index contributed by atoms with van der Waals surface area (Å²) in [6, 6.07) is 16.8. The predicted molar refractivity (Wildman–Crippen MR) is 82.2 cm³/mol. The van der Waals surface area contributed by atoms with Gasteiger partial charge in [0, 0.05) is 10.8 Å². The Kier molecular flexibility index (Phi) is 3.83. The van der Waals surface area contributed by atoms with Crippen molar-refractivity contribution >= 4 is 28.5 Å². The van der Waals surface area contributed by atoms with E-state index in [9.17, 15) is 9.90 Å². The van der Waals surface area contributed by atoms with Gasteiger partial charge in [-0.2, -0.15) is 5.10 Å². The second kappa shape index (κ2) is 5.93. The molecule has 1 N–H and O–H groups in total. The van der Waals surface area contributed by atoms with Crippen LogP contribution in [0.4, 0.5) is 0 Å². The first-order valence-electron chi connectivity index (χ1n) is 6.40. The lowest BCUT2D eigenvalue weighted by molar-refractivity contribution is -0.136. The van der Waals surface area contributed by atoms with Crippen molar-refractivity contribution in [3.8, 4) is 0 Å². The number of benzene rings is 2. The lowest BCUT2D eigenvalue weighted by Crippen LogP contribution is -2.08. The van der Waals surface area contributed by atoms with E-state index in [0.29, 0.717) is 5.03 Å². The zero-order valence-corrected chi connectivity index (χ0v) is 11.8. The second-order valence-corrected chi connectivity index (χ2v) is 5.58. The number of hydrogen-bond donors (Lipinski definition) is 1. The van der Waals surface area contributed by atoms with E-state index in [1.807, 2.05) is 54.6 Å². The quantitative estimate of drug-likeness (QED) is 0.746. The van der Waals surface area contributed by atoms with Gasteiger partial charge in [0.15, 0.2) is 0 Å². The van der Waals surface area contributed by atoms with Crippen molar-refractivity contribution in [2.75, 3.05) is 0 Å². The highest BCUT2D eigenvalue weighted by Gasteiger charge is 2.22. The van der Waals surface area contributed by atoms with Crippen LogP contribution in [0.15, 0.2) is 65.8 Å². The van der Waals surface area contributed by atoms with Crippen LogP contribution < -0.4 is 0 Å². The maximum Gasteiger partial charge on any atom is 0.321 e. The summed E-state index contributed by atoms with van der Waals surface area (Å²) in [6.45, 7) is 0. The van der Waals surface area contributed by atoms with Gasteiger partial charge in [-0.3, -0.25) is 4.79 Å². The summed E-state index contributed by atoms with van der Waals surface area (Å²) in [5, 5.41) is 19.3. The van der Waals surface area contributed by atoms with Crippen LogP contribution >= 0.6 is 11.8 Å².